The lowest BCUT2D eigenvalue weighted by Gasteiger charge is -2.23. The predicted molar refractivity (Wildman–Crippen MR) is 146 cm³/mol. The Bertz CT molecular complexity index is 1280. The zero-order chi connectivity index (χ0) is 27.9. The van der Waals surface area contributed by atoms with E-state index >= 15 is 0 Å². The van der Waals surface area contributed by atoms with Gasteiger partial charge in [-0.2, -0.15) is 0 Å². The molecule has 0 unspecified atom stereocenters. The Morgan fingerprint density at radius 3 is 2.46 bits per heavy atom. The number of hydrogen-bond acceptors (Lipinski definition) is 7. The number of aromatic hydroxyl groups is 1. The summed E-state index contributed by atoms with van der Waals surface area (Å²) >= 11 is 0. The molecule has 1 saturated carbocycles. The highest BCUT2D eigenvalue weighted by molar-refractivity contribution is 5.89. The third-order valence-corrected chi connectivity index (χ3v) is 6.80. The number of pyridine rings is 1. The summed E-state index contributed by atoms with van der Waals surface area (Å²) < 4.78 is 38.7. The Morgan fingerprint density at radius 2 is 1.82 bits per heavy atom. The second-order valence-electron chi connectivity index (χ2n) is 9.83. The van der Waals surface area contributed by atoms with Crippen LogP contribution in [0.5, 0.6) is 11.5 Å². The summed E-state index contributed by atoms with van der Waals surface area (Å²) in [5.74, 6) is -1.76. The minimum atomic E-state index is -0.849. The van der Waals surface area contributed by atoms with E-state index in [4.69, 9.17) is 9.47 Å². The number of ether oxygens (including phenoxy) is 2. The van der Waals surface area contributed by atoms with Crippen LogP contribution in [0.3, 0.4) is 0 Å². The fourth-order valence-corrected chi connectivity index (χ4v) is 4.43. The maximum absolute atomic E-state index is 14.5. The van der Waals surface area contributed by atoms with E-state index in [1.165, 1.54) is 7.11 Å². The predicted octanol–water partition coefficient (Wildman–Crippen LogP) is 5.80. The quantitative estimate of drug-likeness (QED) is 0.217. The molecule has 0 aliphatic heterocycles. The number of halogens is 2. The van der Waals surface area contributed by atoms with Crippen LogP contribution in [0.25, 0.3) is 11.3 Å². The fraction of sp³-hybridized carbons (Fsp3) is 0.400. The number of hydrogen-bond donors (Lipinski definition) is 1. The van der Waals surface area contributed by atoms with Crippen molar-refractivity contribution >= 4 is 11.7 Å². The van der Waals surface area contributed by atoms with Crippen LogP contribution in [0.15, 0.2) is 48.7 Å². The molecule has 0 spiro atoms. The van der Waals surface area contributed by atoms with Gasteiger partial charge < -0.3 is 19.5 Å². The van der Waals surface area contributed by atoms with Crippen molar-refractivity contribution in [2.24, 2.45) is 0 Å². The molecule has 0 atom stereocenters. The highest BCUT2D eigenvalue weighted by atomic mass is 19.1. The van der Waals surface area contributed by atoms with E-state index in [0.717, 1.165) is 68.8 Å². The third-order valence-electron chi connectivity index (χ3n) is 6.80. The SMILES string of the molecule is CCN(CCCCN(C)c1ccc(C(=O)OC)cc1)Cc1cc(O)c(-c2ncc(F)cc2F)c(OC2CC2)c1. The van der Waals surface area contributed by atoms with Crippen LogP contribution >= 0.6 is 0 Å². The van der Waals surface area contributed by atoms with Crippen LogP contribution in [0.4, 0.5) is 14.5 Å². The first-order chi connectivity index (χ1) is 18.8. The largest absolute Gasteiger partial charge is 0.507 e. The lowest BCUT2D eigenvalue weighted by Crippen LogP contribution is -2.25. The van der Waals surface area contributed by atoms with Crippen molar-refractivity contribution in [2.75, 3.05) is 38.7 Å². The van der Waals surface area contributed by atoms with Crippen molar-refractivity contribution in [3.05, 3.63) is 71.4 Å². The van der Waals surface area contributed by atoms with Crippen LogP contribution < -0.4 is 9.64 Å². The monoisotopic (exact) mass is 539 g/mol. The van der Waals surface area contributed by atoms with Gasteiger partial charge in [-0.25, -0.2) is 18.6 Å². The number of esters is 1. The molecular formula is C30H35F2N3O4. The second-order valence-corrected chi connectivity index (χ2v) is 9.83. The summed E-state index contributed by atoms with van der Waals surface area (Å²) in [5, 5.41) is 10.9. The summed E-state index contributed by atoms with van der Waals surface area (Å²) in [5.41, 5.74) is 2.42. The molecule has 2 aromatic carbocycles. The number of aromatic nitrogens is 1. The van der Waals surface area contributed by atoms with Crippen molar-refractivity contribution in [2.45, 2.75) is 45.3 Å². The van der Waals surface area contributed by atoms with Crippen LogP contribution in [-0.4, -0.2) is 60.9 Å². The number of rotatable bonds is 13. The number of phenolic OH excluding ortho intramolecular Hbond substituents is 1. The minimum absolute atomic E-state index is 0.0258. The molecule has 0 radical (unpaired) electrons. The maximum atomic E-state index is 14.5. The normalized spacial score (nSPS) is 13.0. The molecule has 1 N–H and O–H groups in total. The molecule has 1 aliphatic rings. The summed E-state index contributed by atoms with van der Waals surface area (Å²) in [6.07, 6.45) is 4.70. The minimum Gasteiger partial charge on any atom is -0.507 e. The number of phenols is 1. The van der Waals surface area contributed by atoms with E-state index < -0.39 is 11.6 Å². The first-order valence-electron chi connectivity index (χ1n) is 13.2. The lowest BCUT2D eigenvalue weighted by molar-refractivity contribution is 0.0600. The van der Waals surface area contributed by atoms with E-state index in [1.54, 1.807) is 18.2 Å². The van der Waals surface area contributed by atoms with E-state index in [1.807, 2.05) is 25.2 Å². The smallest absolute Gasteiger partial charge is 0.337 e. The Kier molecular flexibility index (Phi) is 9.35. The van der Waals surface area contributed by atoms with Crippen molar-refractivity contribution in [3.63, 3.8) is 0 Å². The number of methoxy groups -OCH3 is 1. The van der Waals surface area contributed by atoms with Gasteiger partial charge in [0, 0.05) is 31.9 Å². The molecule has 1 aliphatic carbocycles. The molecule has 1 aromatic heterocycles. The van der Waals surface area contributed by atoms with Gasteiger partial charge in [0.2, 0.25) is 0 Å². The number of unbranched alkanes of at least 4 members (excludes halogenated alkanes) is 1. The average Bonchev–Trinajstić information content (AvgIpc) is 3.74. The van der Waals surface area contributed by atoms with E-state index in [2.05, 4.69) is 21.7 Å². The molecule has 0 amide bonds. The molecule has 0 saturated heterocycles. The standard InChI is InChI=1S/C30H35F2N3O4/c1-4-35(14-6-5-13-34(2)23-9-7-21(8-10-23)30(37)38-3)19-20-15-26(36)28(27(16-20)39-24-11-12-24)29-25(32)17-22(31)18-33-29/h7-10,15-18,24,36H,4-6,11-14,19H2,1-3H3. The molecule has 1 heterocycles. The molecule has 0 bridgehead atoms. The van der Waals surface area contributed by atoms with Gasteiger partial charge >= 0.3 is 5.97 Å². The first kappa shape index (κ1) is 28.3. The summed E-state index contributed by atoms with van der Waals surface area (Å²) in [6.45, 7) is 5.22. The third kappa shape index (κ3) is 7.44. The summed E-state index contributed by atoms with van der Waals surface area (Å²) in [4.78, 5) is 19.9. The van der Waals surface area contributed by atoms with Crippen LogP contribution in [0.2, 0.25) is 0 Å². The molecule has 1 fully saturated rings. The molecular weight excluding hydrogens is 504 g/mol. The van der Waals surface area contributed by atoms with Gasteiger partial charge in [0.05, 0.1) is 30.5 Å². The van der Waals surface area contributed by atoms with Crippen molar-refractivity contribution in [1.29, 1.82) is 0 Å². The van der Waals surface area contributed by atoms with Gasteiger partial charge in [-0.05, 0) is 80.7 Å². The van der Waals surface area contributed by atoms with Crippen molar-refractivity contribution < 1.29 is 28.2 Å². The van der Waals surface area contributed by atoms with E-state index in [0.29, 0.717) is 17.9 Å². The zero-order valence-corrected chi connectivity index (χ0v) is 22.6. The molecule has 4 rings (SSSR count). The first-order valence-corrected chi connectivity index (χ1v) is 13.2. The number of anilines is 1. The molecule has 39 heavy (non-hydrogen) atoms. The maximum Gasteiger partial charge on any atom is 0.337 e. The summed E-state index contributed by atoms with van der Waals surface area (Å²) in [7, 11) is 3.39. The average molecular weight is 540 g/mol. The zero-order valence-electron chi connectivity index (χ0n) is 22.6. The van der Waals surface area contributed by atoms with Crippen LogP contribution in [0.1, 0.15) is 48.5 Å². The van der Waals surface area contributed by atoms with Gasteiger partial charge in [-0.1, -0.05) is 6.92 Å². The molecule has 208 valence electrons. The van der Waals surface area contributed by atoms with Gasteiger partial charge in [0.15, 0.2) is 5.82 Å². The number of benzene rings is 2. The van der Waals surface area contributed by atoms with E-state index in [9.17, 15) is 18.7 Å². The Labute approximate surface area is 228 Å². The Balaban J connectivity index is 1.36. The topological polar surface area (TPSA) is 75.1 Å². The lowest BCUT2D eigenvalue weighted by atomic mass is 10.0. The molecule has 7 nitrogen and oxygen atoms in total. The number of carbonyl (C=O) groups is 1. The number of carbonyl (C=O) groups excluding carboxylic acids is 1. The van der Waals surface area contributed by atoms with Gasteiger partial charge in [-0.3, -0.25) is 4.90 Å². The molecule has 9 heteroatoms. The van der Waals surface area contributed by atoms with Gasteiger partial charge in [-0.15, -0.1) is 0 Å². The molecule has 3 aromatic rings. The second kappa shape index (κ2) is 12.9. The van der Waals surface area contributed by atoms with Crippen molar-refractivity contribution in [3.8, 4) is 22.8 Å². The van der Waals surface area contributed by atoms with Crippen molar-refractivity contribution in [1.82, 2.24) is 9.88 Å². The van der Waals surface area contributed by atoms with Crippen LogP contribution in [0, 0.1) is 11.6 Å². The van der Waals surface area contributed by atoms with Gasteiger partial charge in [0.1, 0.15) is 23.0 Å². The highest BCUT2D eigenvalue weighted by Crippen LogP contribution is 2.42. The Morgan fingerprint density at radius 1 is 1.10 bits per heavy atom. The van der Waals surface area contributed by atoms with Gasteiger partial charge in [0.25, 0.3) is 0 Å². The summed E-state index contributed by atoms with van der Waals surface area (Å²) in [6, 6.07) is 11.5. The highest BCUT2D eigenvalue weighted by Gasteiger charge is 2.27. The Hall–Kier alpha value is -3.72. The van der Waals surface area contributed by atoms with E-state index in [-0.39, 0.29) is 29.1 Å². The van der Waals surface area contributed by atoms with Crippen LogP contribution in [-0.2, 0) is 11.3 Å². The number of nitrogens with zero attached hydrogens (tertiary/aromatic N) is 3. The fourth-order valence-electron chi connectivity index (χ4n) is 4.43.